The summed E-state index contributed by atoms with van der Waals surface area (Å²) in [5.74, 6) is 0.222. The number of ether oxygens (including phenoxy) is 1. The van der Waals surface area contributed by atoms with Crippen LogP contribution in [-0.4, -0.2) is 39.5 Å². The molecular weight excluding hydrogens is 400 g/mol. The van der Waals surface area contributed by atoms with Crippen molar-refractivity contribution >= 4 is 16.0 Å². The van der Waals surface area contributed by atoms with E-state index in [0.29, 0.717) is 11.1 Å². The first-order valence-electron chi connectivity index (χ1n) is 10.3. The molecule has 1 heterocycles. The Labute approximate surface area is 179 Å². The minimum atomic E-state index is -3.49. The Bertz CT molecular complexity index is 949. The van der Waals surface area contributed by atoms with E-state index >= 15 is 0 Å². The Morgan fingerprint density at radius 1 is 1.07 bits per heavy atom. The number of likely N-dealkylation sites (tertiary alicyclic amines) is 1. The lowest BCUT2D eigenvalue weighted by molar-refractivity contribution is 0.0600. The van der Waals surface area contributed by atoms with Crippen molar-refractivity contribution in [2.75, 3.05) is 20.2 Å². The fourth-order valence-corrected chi connectivity index (χ4v) is 4.75. The maximum Gasteiger partial charge on any atom is 0.337 e. The van der Waals surface area contributed by atoms with Crippen LogP contribution in [0.3, 0.4) is 0 Å². The number of carbonyl (C=O) groups is 1. The minimum Gasteiger partial charge on any atom is -0.465 e. The lowest BCUT2D eigenvalue weighted by Gasteiger charge is -2.30. The van der Waals surface area contributed by atoms with Crippen molar-refractivity contribution in [1.82, 2.24) is 9.62 Å². The van der Waals surface area contributed by atoms with Crippen molar-refractivity contribution in [2.45, 2.75) is 38.6 Å². The summed E-state index contributed by atoms with van der Waals surface area (Å²) in [7, 11) is -2.18. The van der Waals surface area contributed by atoms with Gasteiger partial charge in [0.05, 0.1) is 18.4 Å². The third kappa shape index (κ3) is 6.65. The molecule has 1 aliphatic heterocycles. The standard InChI is InChI=1S/C23H30N2O4S/c1-18-10-12-25(13-11-18)16-21-5-3-4-20(14-21)15-24-30(27,28)17-19-6-8-22(9-7-19)23(26)29-2/h3-9,14,18,24H,10-13,15-17H2,1-2H3. The van der Waals surface area contributed by atoms with Crippen LogP contribution in [0.25, 0.3) is 0 Å². The summed E-state index contributed by atoms with van der Waals surface area (Å²) < 4.78 is 32.3. The zero-order chi connectivity index (χ0) is 21.6. The Morgan fingerprint density at radius 2 is 1.73 bits per heavy atom. The summed E-state index contributed by atoms with van der Waals surface area (Å²) in [6, 6.07) is 14.5. The molecule has 0 amide bonds. The first-order chi connectivity index (χ1) is 14.3. The number of nitrogens with zero attached hydrogens (tertiary/aromatic N) is 1. The van der Waals surface area contributed by atoms with Crippen molar-refractivity contribution < 1.29 is 17.9 Å². The zero-order valence-corrected chi connectivity index (χ0v) is 18.5. The van der Waals surface area contributed by atoms with Crippen LogP contribution in [-0.2, 0) is 33.6 Å². The summed E-state index contributed by atoms with van der Waals surface area (Å²) in [6.45, 7) is 5.70. The highest BCUT2D eigenvalue weighted by Gasteiger charge is 2.16. The Morgan fingerprint density at radius 3 is 2.40 bits per heavy atom. The van der Waals surface area contributed by atoms with Gasteiger partial charge >= 0.3 is 5.97 Å². The first kappa shape index (κ1) is 22.5. The maximum absolute atomic E-state index is 12.5. The third-order valence-electron chi connectivity index (χ3n) is 5.50. The Hall–Kier alpha value is -2.22. The van der Waals surface area contributed by atoms with E-state index in [2.05, 4.69) is 33.4 Å². The highest BCUT2D eigenvalue weighted by molar-refractivity contribution is 7.88. The van der Waals surface area contributed by atoms with E-state index in [9.17, 15) is 13.2 Å². The lowest BCUT2D eigenvalue weighted by Crippen LogP contribution is -2.32. The van der Waals surface area contributed by atoms with Crippen LogP contribution < -0.4 is 4.72 Å². The van der Waals surface area contributed by atoms with Gasteiger partial charge in [0.1, 0.15) is 0 Å². The largest absolute Gasteiger partial charge is 0.465 e. The van der Waals surface area contributed by atoms with Gasteiger partial charge in [0.15, 0.2) is 0 Å². The highest BCUT2D eigenvalue weighted by atomic mass is 32.2. The van der Waals surface area contributed by atoms with Crippen LogP contribution in [0.15, 0.2) is 48.5 Å². The molecule has 1 fully saturated rings. The van der Waals surface area contributed by atoms with Gasteiger partial charge in [-0.2, -0.15) is 0 Å². The molecule has 162 valence electrons. The van der Waals surface area contributed by atoms with Gasteiger partial charge in [0.2, 0.25) is 10.0 Å². The summed E-state index contributed by atoms with van der Waals surface area (Å²) in [6.07, 6.45) is 2.47. The van der Waals surface area contributed by atoms with Crippen LogP contribution in [0.2, 0.25) is 0 Å². The molecular formula is C23H30N2O4S. The molecule has 30 heavy (non-hydrogen) atoms. The summed E-state index contributed by atoms with van der Waals surface area (Å²) in [5, 5.41) is 0. The summed E-state index contributed by atoms with van der Waals surface area (Å²) >= 11 is 0. The minimum absolute atomic E-state index is 0.139. The van der Waals surface area contributed by atoms with Crippen molar-refractivity contribution in [3.8, 4) is 0 Å². The molecule has 0 aliphatic carbocycles. The molecule has 0 unspecified atom stereocenters. The van der Waals surface area contributed by atoms with Crippen molar-refractivity contribution in [3.63, 3.8) is 0 Å². The average molecular weight is 431 g/mol. The van der Waals surface area contributed by atoms with E-state index in [4.69, 9.17) is 0 Å². The van der Waals surface area contributed by atoms with E-state index in [0.717, 1.165) is 31.1 Å². The van der Waals surface area contributed by atoms with Gasteiger partial charge in [-0.05, 0) is 60.7 Å². The zero-order valence-electron chi connectivity index (χ0n) is 17.6. The quantitative estimate of drug-likeness (QED) is 0.650. The predicted octanol–water partition coefficient (Wildman–Crippen LogP) is 3.32. The molecule has 0 radical (unpaired) electrons. The first-order valence-corrected chi connectivity index (χ1v) is 11.9. The molecule has 2 aromatic carbocycles. The van der Waals surface area contributed by atoms with Gasteiger partial charge in [-0.25, -0.2) is 17.9 Å². The fourth-order valence-electron chi connectivity index (χ4n) is 3.63. The second-order valence-corrected chi connectivity index (χ2v) is 9.85. The molecule has 0 saturated carbocycles. The van der Waals surface area contributed by atoms with E-state index in [1.807, 2.05) is 12.1 Å². The number of hydrogen-bond acceptors (Lipinski definition) is 5. The van der Waals surface area contributed by atoms with Crippen LogP contribution in [0, 0.1) is 5.92 Å². The third-order valence-corrected chi connectivity index (χ3v) is 6.80. The average Bonchev–Trinajstić information content (AvgIpc) is 2.74. The van der Waals surface area contributed by atoms with Gasteiger partial charge < -0.3 is 4.74 Å². The Kier molecular flexibility index (Phi) is 7.64. The number of sulfonamides is 1. The van der Waals surface area contributed by atoms with Crippen LogP contribution in [0.1, 0.15) is 46.8 Å². The molecule has 1 saturated heterocycles. The number of hydrogen-bond donors (Lipinski definition) is 1. The maximum atomic E-state index is 12.5. The SMILES string of the molecule is COC(=O)c1ccc(CS(=O)(=O)NCc2cccc(CN3CCC(C)CC3)c2)cc1. The predicted molar refractivity (Wildman–Crippen MR) is 117 cm³/mol. The molecule has 0 spiro atoms. The molecule has 0 atom stereocenters. The van der Waals surface area contributed by atoms with Crippen molar-refractivity contribution in [3.05, 3.63) is 70.8 Å². The topological polar surface area (TPSA) is 75.7 Å². The fraction of sp³-hybridized carbons (Fsp3) is 0.435. The Balaban J connectivity index is 1.54. The van der Waals surface area contributed by atoms with E-state index in [1.54, 1.807) is 24.3 Å². The molecule has 2 aromatic rings. The lowest BCUT2D eigenvalue weighted by atomic mass is 9.98. The number of piperidine rings is 1. The molecule has 1 aliphatic rings. The number of esters is 1. The van der Waals surface area contributed by atoms with Crippen molar-refractivity contribution in [2.24, 2.45) is 5.92 Å². The number of benzene rings is 2. The van der Waals surface area contributed by atoms with Crippen molar-refractivity contribution in [1.29, 1.82) is 0 Å². The number of methoxy groups -OCH3 is 1. The highest BCUT2D eigenvalue weighted by Crippen LogP contribution is 2.18. The smallest absolute Gasteiger partial charge is 0.337 e. The number of nitrogens with one attached hydrogen (secondary N) is 1. The van der Waals surface area contributed by atoms with E-state index in [-0.39, 0.29) is 12.3 Å². The van der Waals surface area contributed by atoms with E-state index < -0.39 is 16.0 Å². The van der Waals surface area contributed by atoms with Gasteiger partial charge in [-0.3, -0.25) is 4.90 Å². The summed E-state index contributed by atoms with van der Waals surface area (Å²) in [4.78, 5) is 13.9. The second kappa shape index (κ2) is 10.2. The van der Waals surface area contributed by atoms with E-state index in [1.165, 1.54) is 25.5 Å². The van der Waals surface area contributed by atoms with Crippen LogP contribution in [0.4, 0.5) is 0 Å². The van der Waals surface area contributed by atoms with Gasteiger partial charge in [-0.1, -0.05) is 43.3 Å². The molecule has 1 N–H and O–H groups in total. The van der Waals surface area contributed by atoms with Crippen LogP contribution in [0.5, 0.6) is 0 Å². The van der Waals surface area contributed by atoms with Gasteiger partial charge in [0.25, 0.3) is 0 Å². The number of carbonyl (C=O) groups excluding carboxylic acids is 1. The molecule has 0 aromatic heterocycles. The number of rotatable bonds is 8. The van der Waals surface area contributed by atoms with Gasteiger partial charge in [0, 0.05) is 13.1 Å². The molecule has 3 rings (SSSR count). The normalized spacial score (nSPS) is 15.8. The summed E-state index contributed by atoms with van der Waals surface area (Å²) in [5.41, 5.74) is 3.16. The monoisotopic (exact) mass is 430 g/mol. The molecule has 0 bridgehead atoms. The van der Waals surface area contributed by atoms with Crippen LogP contribution >= 0.6 is 0 Å². The molecule has 6 nitrogen and oxygen atoms in total. The molecule has 7 heteroatoms. The second-order valence-electron chi connectivity index (χ2n) is 8.05. The van der Waals surface area contributed by atoms with Gasteiger partial charge in [-0.15, -0.1) is 0 Å².